The van der Waals surface area contributed by atoms with Crippen LogP contribution < -0.4 is 0 Å². The Morgan fingerprint density at radius 3 is 2.57 bits per heavy atom. The fourth-order valence-electron chi connectivity index (χ4n) is 2.46. The second-order valence-electron chi connectivity index (χ2n) is 5.84. The van der Waals surface area contributed by atoms with Gasteiger partial charge in [-0.3, -0.25) is 4.79 Å². The molecule has 0 aromatic heterocycles. The molecule has 1 unspecified atom stereocenters. The Balaban J connectivity index is 1.98. The number of morpholine rings is 1. The third-order valence-corrected chi connectivity index (χ3v) is 5.43. The van der Waals surface area contributed by atoms with Crippen LogP contribution in [0.5, 0.6) is 0 Å². The Hall–Kier alpha value is -1.00. The van der Waals surface area contributed by atoms with Crippen molar-refractivity contribution in [2.24, 2.45) is 5.92 Å². The highest BCUT2D eigenvalue weighted by Crippen LogP contribution is 2.27. The fraction of sp³-hybridized carbons (Fsp3) is 0.588. The Morgan fingerprint density at radius 2 is 1.95 bits per heavy atom. The number of nitrogens with zero attached hydrogens (tertiary/aromatic N) is 1. The number of rotatable bonds is 5. The summed E-state index contributed by atoms with van der Waals surface area (Å²) in [5.74, 6) is 1.51. The van der Waals surface area contributed by atoms with Crippen molar-refractivity contribution in [1.82, 2.24) is 4.90 Å². The van der Waals surface area contributed by atoms with Crippen LogP contribution in [0, 0.1) is 12.8 Å². The Bertz CT molecular complexity index is 470. The molecule has 1 aliphatic heterocycles. The summed E-state index contributed by atoms with van der Waals surface area (Å²) in [4.78, 5) is 14.7. The number of benzene rings is 1. The van der Waals surface area contributed by atoms with Crippen LogP contribution in [0.15, 0.2) is 24.3 Å². The van der Waals surface area contributed by atoms with E-state index in [4.69, 9.17) is 4.74 Å². The molecule has 0 radical (unpaired) electrons. The quantitative estimate of drug-likeness (QED) is 0.837. The lowest BCUT2D eigenvalue weighted by Crippen LogP contribution is -2.46. The predicted molar refractivity (Wildman–Crippen MR) is 88.5 cm³/mol. The minimum atomic E-state index is 0.0303. The zero-order valence-electron chi connectivity index (χ0n) is 13.2. The summed E-state index contributed by atoms with van der Waals surface area (Å²) in [6, 6.07) is 8.41. The molecule has 1 aromatic rings. The molecule has 1 saturated heterocycles. The van der Waals surface area contributed by atoms with E-state index in [2.05, 4.69) is 45.0 Å². The summed E-state index contributed by atoms with van der Waals surface area (Å²) < 4.78 is 5.33. The van der Waals surface area contributed by atoms with E-state index in [0.29, 0.717) is 19.1 Å². The summed E-state index contributed by atoms with van der Waals surface area (Å²) in [6.45, 7) is 9.18. The smallest absolute Gasteiger partial charge is 0.236 e. The van der Waals surface area contributed by atoms with Gasteiger partial charge in [0.2, 0.25) is 5.91 Å². The summed E-state index contributed by atoms with van der Waals surface area (Å²) >= 11 is 1.77. The number of ether oxygens (including phenoxy) is 1. The number of carbonyl (C=O) groups excluding carboxylic acids is 1. The maximum absolute atomic E-state index is 12.7. The van der Waals surface area contributed by atoms with E-state index in [1.54, 1.807) is 11.8 Å². The average molecular weight is 307 g/mol. The van der Waals surface area contributed by atoms with Crippen LogP contribution in [-0.4, -0.2) is 42.4 Å². The van der Waals surface area contributed by atoms with Gasteiger partial charge in [0.1, 0.15) is 0 Å². The van der Waals surface area contributed by atoms with Crippen molar-refractivity contribution in [1.29, 1.82) is 0 Å². The first-order valence-corrected chi connectivity index (χ1v) is 8.67. The van der Waals surface area contributed by atoms with Crippen LogP contribution in [0.3, 0.4) is 0 Å². The first-order valence-electron chi connectivity index (χ1n) is 7.62. The minimum absolute atomic E-state index is 0.0303. The van der Waals surface area contributed by atoms with Gasteiger partial charge in [0, 0.05) is 18.8 Å². The van der Waals surface area contributed by atoms with Gasteiger partial charge in [-0.1, -0.05) is 38.1 Å². The topological polar surface area (TPSA) is 29.5 Å². The molecule has 1 aliphatic rings. The van der Waals surface area contributed by atoms with Crippen LogP contribution in [0.1, 0.15) is 25.0 Å². The molecule has 1 fully saturated rings. The number of carbonyl (C=O) groups is 1. The summed E-state index contributed by atoms with van der Waals surface area (Å²) in [5.41, 5.74) is 2.62. The lowest BCUT2D eigenvalue weighted by Gasteiger charge is -2.31. The Kier molecular flexibility index (Phi) is 6.12. The molecule has 1 amide bonds. The van der Waals surface area contributed by atoms with Gasteiger partial charge in [-0.05, 0) is 24.0 Å². The van der Waals surface area contributed by atoms with E-state index in [1.165, 1.54) is 11.1 Å². The van der Waals surface area contributed by atoms with Crippen molar-refractivity contribution in [3.8, 4) is 0 Å². The highest BCUT2D eigenvalue weighted by molar-refractivity contribution is 7.99. The van der Waals surface area contributed by atoms with E-state index in [1.807, 2.05) is 4.90 Å². The van der Waals surface area contributed by atoms with Gasteiger partial charge in [0.15, 0.2) is 0 Å². The van der Waals surface area contributed by atoms with Crippen molar-refractivity contribution in [2.45, 2.75) is 31.8 Å². The number of thioether (sulfide) groups is 1. The number of aryl methyl sites for hydroxylation is 1. The molecule has 0 N–H and O–H groups in total. The molecule has 1 atom stereocenters. The molecule has 0 bridgehead atoms. The zero-order valence-corrected chi connectivity index (χ0v) is 14.0. The van der Waals surface area contributed by atoms with Gasteiger partial charge >= 0.3 is 0 Å². The number of hydrogen-bond donors (Lipinski definition) is 0. The van der Waals surface area contributed by atoms with E-state index in [0.717, 1.165) is 18.8 Å². The maximum Gasteiger partial charge on any atom is 0.236 e. The summed E-state index contributed by atoms with van der Waals surface area (Å²) in [6.07, 6.45) is 0. The highest BCUT2D eigenvalue weighted by atomic mass is 32.2. The monoisotopic (exact) mass is 307 g/mol. The second kappa shape index (κ2) is 7.85. The van der Waals surface area contributed by atoms with Crippen LogP contribution in [-0.2, 0) is 15.3 Å². The Labute approximate surface area is 132 Å². The van der Waals surface area contributed by atoms with Crippen molar-refractivity contribution >= 4 is 17.7 Å². The normalized spacial score (nSPS) is 17.0. The SMILES string of the molecule is Cc1ccccc1CSC(C(=O)N1CCOCC1)C(C)C. The van der Waals surface area contributed by atoms with Crippen LogP contribution >= 0.6 is 11.8 Å². The summed E-state index contributed by atoms with van der Waals surface area (Å²) in [5, 5.41) is 0.0303. The van der Waals surface area contributed by atoms with Crippen molar-refractivity contribution in [3.63, 3.8) is 0 Å². The van der Waals surface area contributed by atoms with E-state index < -0.39 is 0 Å². The first-order chi connectivity index (χ1) is 10.1. The molecule has 2 rings (SSSR count). The largest absolute Gasteiger partial charge is 0.378 e. The van der Waals surface area contributed by atoms with Crippen LogP contribution in [0.25, 0.3) is 0 Å². The van der Waals surface area contributed by atoms with Gasteiger partial charge in [-0.2, -0.15) is 0 Å². The molecule has 4 heteroatoms. The standard InChI is InChI=1S/C17H25NO2S/c1-13(2)16(17(19)18-8-10-20-11-9-18)21-12-15-7-5-4-6-14(15)3/h4-7,13,16H,8-12H2,1-3H3. The molecule has 1 aromatic carbocycles. The maximum atomic E-state index is 12.7. The van der Waals surface area contributed by atoms with Gasteiger partial charge in [0.25, 0.3) is 0 Å². The third kappa shape index (κ3) is 4.48. The first kappa shape index (κ1) is 16.4. The lowest BCUT2D eigenvalue weighted by molar-refractivity contribution is -0.135. The van der Waals surface area contributed by atoms with E-state index >= 15 is 0 Å². The molecule has 21 heavy (non-hydrogen) atoms. The fourth-order valence-corrected chi connectivity index (χ4v) is 3.82. The molecular weight excluding hydrogens is 282 g/mol. The van der Waals surface area contributed by atoms with Gasteiger partial charge < -0.3 is 9.64 Å². The molecular formula is C17H25NO2S. The highest BCUT2D eigenvalue weighted by Gasteiger charge is 2.28. The van der Waals surface area contributed by atoms with Gasteiger partial charge in [-0.25, -0.2) is 0 Å². The van der Waals surface area contributed by atoms with E-state index in [-0.39, 0.29) is 11.2 Å². The molecule has 0 saturated carbocycles. The second-order valence-corrected chi connectivity index (χ2v) is 6.97. The minimum Gasteiger partial charge on any atom is -0.378 e. The van der Waals surface area contributed by atoms with Gasteiger partial charge in [-0.15, -0.1) is 11.8 Å². The number of hydrogen-bond acceptors (Lipinski definition) is 3. The lowest BCUT2D eigenvalue weighted by atomic mass is 10.1. The summed E-state index contributed by atoms with van der Waals surface area (Å²) in [7, 11) is 0. The van der Waals surface area contributed by atoms with Crippen LogP contribution in [0.4, 0.5) is 0 Å². The van der Waals surface area contributed by atoms with Gasteiger partial charge in [0.05, 0.1) is 18.5 Å². The predicted octanol–water partition coefficient (Wildman–Crippen LogP) is 3.11. The molecule has 1 heterocycles. The zero-order chi connectivity index (χ0) is 15.2. The van der Waals surface area contributed by atoms with E-state index in [9.17, 15) is 4.79 Å². The van der Waals surface area contributed by atoms with Crippen molar-refractivity contribution in [2.75, 3.05) is 26.3 Å². The van der Waals surface area contributed by atoms with Crippen molar-refractivity contribution < 1.29 is 9.53 Å². The molecule has 3 nitrogen and oxygen atoms in total. The molecule has 0 spiro atoms. The molecule has 116 valence electrons. The Morgan fingerprint density at radius 1 is 1.29 bits per heavy atom. The van der Waals surface area contributed by atoms with Crippen LogP contribution in [0.2, 0.25) is 0 Å². The van der Waals surface area contributed by atoms with Crippen molar-refractivity contribution in [3.05, 3.63) is 35.4 Å². The average Bonchev–Trinajstić information content (AvgIpc) is 2.49. The number of amides is 1. The third-order valence-electron chi connectivity index (χ3n) is 3.85. The molecule has 0 aliphatic carbocycles.